The van der Waals surface area contributed by atoms with Crippen molar-refractivity contribution in [2.75, 3.05) is 19.6 Å². The molecule has 412 valence electrons. The summed E-state index contributed by atoms with van der Waals surface area (Å²) in [5.41, 5.74) is 33.9. The first-order valence-electron chi connectivity index (χ1n) is 30.8. The molecule has 0 unspecified atom stereocenters. The number of para-hydroxylation sites is 2. The van der Waals surface area contributed by atoms with Gasteiger partial charge in [0.2, 0.25) is 0 Å². The Bertz CT molecular complexity index is 4820. The molecule has 5 aliphatic rings. The summed E-state index contributed by atoms with van der Waals surface area (Å²) in [5.74, 6) is 0. The number of hydrogen-bond donors (Lipinski definition) is 0. The van der Waals surface area contributed by atoms with Crippen LogP contribution in [-0.2, 0) is 0 Å². The molecular formula is C82H52B2N4S. The smallest absolute Gasteiger partial charge is 0.252 e. The van der Waals surface area contributed by atoms with Gasteiger partial charge in [-0.15, -0.1) is 11.3 Å². The molecule has 6 heterocycles. The molecule has 14 aromatic rings. The molecule has 0 radical (unpaired) electrons. The van der Waals surface area contributed by atoms with Crippen LogP contribution in [0.15, 0.2) is 315 Å². The van der Waals surface area contributed by atoms with Crippen LogP contribution in [-0.4, -0.2) is 13.4 Å². The Hall–Kier alpha value is -11.1. The zero-order chi connectivity index (χ0) is 58.3. The molecule has 0 N–H and O–H groups in total. The van der Waals surface area contributed by atoms with Crippen LogP contribution in [0, 0.1) is 0 Å². The van der Waals surface area contributed by atoms with Crippen molar-refractivity contribution in [2.45, 2.75) is 0 Å². The third kappa shape index (κ3) is 7.49. The van der Waals surface area contributed by atoms with Gasteiger partial charge < -0.3 is 19.6 Å². The second-order valence-corrected chi connectivity index (χ2v) is 24.9. The van der Waals surface area contributed by atoms with Crippen LogP contribution in [0.3, 0.4) is 0 Å². The Kier molecular flexibility index (Phi) is 11.1. The first-order valence-corrected chi connectivity index (χ1v) is 31.6. The minimum atomic E-state index is -0.103. The standard InChI is InChI=1S/C82H52B2N4S/c1-7-23-53(24-8-1)57-39-43-63(44-40-57)85-69-37-21-19-35-65(69)83-67-47-48-68-78-77(67)87(73-51-61(49-71(85)75(73)83)55-27-11-3-12-28-55)79-80(82(60-33-17-6-18-34-60)89-81(79)59-31-15-5-16-32-59)88(78)74-52-62(56-29-13-4-14-30-56)50-72-76(74)84(68)66-36-20-22-38-70(66)86(72)64-45-41-58(42-46-64)54-25-9-2-10-26-54/h1-52H. The summed E-state index contributed by atoms with van der Waals surface area (Å²) in [6.07, 6.45) is 0. The monoisotopic (exact) mass is 1150 g/mol. The van der Waals surface area contributed by atoms with Crippen molar-refractivity contribution in [2.24, 2.45) is 0 Å². The average molecular weight is 1150 g/mol. The highest BCUT2D eigenvalue weighted by molar-refractivity contribution is 7.20. The summed E-state index contributed by atoms with van der Waals surface area (Å²) in [6.45, 7) is -0.206. The summed E-state index contributed by atoms with van der Waals surface area (Å²) in [6, 6.07) is 118. The van der Waals surface area contributed by atoms with Crippen molar-refractivity contribution in [3.63, 3.8) is 0 Å². The van der Waals surface area contributed by atoms with Gasteiger partial charge in [0.05, 0.1) is 32.5 Å². The maximum absolute atomic E-state index is 2.75. The molecule has 0 saturated heterocycles. The number of fused-ring (bicyclic) bond motifs is 11. The lowest BCUT2D eigenvalue weighted by molar-refractivity contribution is 1.18. The van der Waals surface area contributed by atoms with Crippen LogP contribution in [0.4, 0.5) is 68.2 Å². The molecule has 0 aliphatic carbocycles. The zero-order valence-electron chi connectivity index (χ0n) is 48.4. The molecular weight excluding hydrogens is 1090 g/mol. The number of nitrogens with zero attached hydrogens (tertiary/aromatic N) is 4. The van der Waals surface area contributed by atoms with Gasteiger partial charge in [-0.3, -0.25) is 0 Å². The van der Waals surface area contributed by atoms with E-state index >= 15 is 0 Å². The molecule has 0 fully saturated rings. The van der Waals surface area contributed by atoms with Crippen LogP contribution in [0.2, 0.25) is 0 Å². The highest BCUT2D eigenvalue weighted by atomic mass is 32.1. The van der Waals surface area contributed by atoms with Crippen molar-refractivity contribution in [3.8, 4) is 65.4 Å². The van der Waals surface area contributed by atoms with E-state index in [1.807, 2.05) is 11.3 Å². The van der Waals surface area contributed by atoms with Gasteiger partial charge in [-0.2, -0.15) is 0 Å². The van der Waals surface area contributed by atoms with E-state index in [0.29, 0.717) is 0 Å². The summed E-state index contributed by atoms with van der Waals surface area (Å²) in [7, 11) is 0. The predicted octanol–water partition coefficient (Wildman–Crippen LogP) is 18.2. The molecule has 13 aromatic carbocycles. The summed E-state index contributed by atoms with van der Waals surface area (Å²) in [4.78, 5) is 13.1. The van der Waals surface area contributed by atoms with Gasteiger partial charge in [0, 0.05) is 45.5 Å². The lowest BCUT2D eigenvalue weighted by atomic mass is 9.31. The Morgan fingerprint density at radius 1 is 0.202 bits per heavy atom. The highest BCUT2D eigenvalue weighted by Crippen LogP contribution is 2.65. The molecule has 0 bridgehead atoms. The van der Waals surface area contributed by atoms with Gasteiger partial charge in [0.15, 0.2) is 0 Å². The predicted molar refractivity (Wildman–Crippen MR) is 379 cm³/mol. The Labute approximate surface area is 522 Å². The van der Waals surface area contributed by atoms with E-state index in [-0.39, 0.29) is 13.4 Å². The fourth-order valence-corrected chi connectivity index (χ4v) is 16.6. The number of anilines is 12. The molecule has 0 spiro atoms. The molecule has 89 heavy (non-hydrogen) atoms. The van der Waals surface area contributed by atoms with E-state index in [0.717, 1.165) is 11.4 Å². The van der Waals surface area contributed by atoms with Crippen LogP contribution >= 0.6 is 11.3 Å². The fourth-order valence-electron chi connectivity index (χ4n) is 15.3. The minimum absolute atomic E-state index is 0.103. The molecule has 4 nitrogen and oxygen atoms in total. The maximum atomic E-state index is 2.75. The average Bonchev–Trinajstić information content (AvgIpc) is 1.62. The van der Waals surface area contributed by atoms with E-state index in [1.54, 1.807) is 0 Å². The Balaban J connectivity index is 0.939. The highest BCUT2D eigenvalue weighted by Gasteiger charge is 2.53. The van der Waals surface area contributed by atoms with Gasteiger partial charge in [-0.1, -0.05) is 255 Å². The third-order valence-electron chi connectivity index (χ3n) is 19.1. The Morgan fingerprint density at radius 2 is 0.483 bits per heavy atom. The lowest BCUT2D eigenvalue weighted by Gasteiger charge is -2.52. The van der Waals surface area contributed by atoms with E-state index in [4.69, 9.17) is 0 Å². The number of rotatable bonds is 8. The van der Waals surface area contributed by atoms with Gasteiger partial charge in [0.25, 0.3) is 13.4 Å². The molecule has 0 amide bonds. The van der Waals surface area contributed by atoms with Crippen LogP contribution in [0.1, 0.15) is 0 Å². The molecule has 1 aromatic heterocycles. The van der Waals surface area contributed by atoms with E-state index in [2.05, 4.69) is 335 Å². The van der Waals surface area contributed by atoms with Crippen LogP contribution in [0.5, 0.6) is 0 Å². The second kappa shape index (κ2) is 19.7. The van der Waals surface area contributed by atoms with Crippen LogP contribution < -0.4 is 52.4 Å². The van der Waals surface area contributed by atoms with Crippen LogP contribution in [0.25, 0.3) is 65.4 Å². The van der Waals surface area contributed by atoms with E-state index < -0.39 is 0 Å². The summed E-state index contributed by atoms with van der Waals surface area (Å²) < 4.78 is 0. The summed E-state index contributed by atoms with van der Waals surface area (Å²) >= 11 is 1.92. The number of hydrogen-bond acceptors (Lipinski definition) is 5. The number of thiophene rings is 1. The fraction of sp³-hybridized carbons (Fsp3) is 0. The largest absolute Gasteiger partial charge is 0.311 e. The second-order valence-electron chi connectivity index (χ2n) is 23.9. The summed E-state index contributed by atoms with van der Waals surface area (Å²) in [5, 5.41) is 0. The molecule has 19 rings (SSSR count). The van der Waals surface area contributed by atoms with Crippen molar-refractivity contribution < 1.29 is 0 Å². The first-order chi connectivity index (χ1) is 44.2. The van der Waals surface area contributed by atoms with Gasteiger partial charge in [-0.25, -0.2) is 0 Å². The molecule has 5 aliphatic heterocycles. The number of benzene rings is 13. The molecule has 0 saturated carbocycles. The van der Waals surface area contributed by atoms with Crippen molar-refractivity contribution in [1.29, 1.82) is 0 Å². The first kappa shape index (κ1) is 50.1. The Morgan fingerprint density at radius 3 is 0.831 bits per heavy atom. The quantitative estimate of drug-likeness (QED) is 0.141. The van der Waals surface area contributed by atoms with Gasteiger partial charge in [0.1, 0.15) is 0 Å². The topological polar surface area (TPSA) is 13.0 Å². The van der Waals surface area contributed by atoms with Gasteiger partial charge >= 0.3 is 0 Å². The van der Waals surface area contributed by atoms with Crippen molar-refractivity contribution in [1.82, 2.24) is 0 Å². The molecule has 7 heteroatoms. The van der Waals surface area contributed by atoms with Gasteiger partial charge in [-0.05, 0) is 149 Å². The molecule has 0 atom stereocenters. The van der Waals surface area contributed by atoms with E-state index in [9.17, 15) is 0 Å². The third-order valence-corrected chi connectivity index (χ3v) is 20.4. The van der Waals surface area contributed by atoms with Crippen molar-refractivity contribution in [3.05, 3.63) is 315 Å². The van der Waals surface area contributed by atoms with Crippen molar-refractivity contribution >= 4 is 126 Å². The lowest BCUT2D eigenvalue weighted by Crippen LogP contribution is -2.65. The zero-order valence-corrected chi connectivity index (χ0v) is 49.2. The normalized spacial score (nSPS) is 13.3. The minimum Gasteiger partial charge on any atom is -0.311 e. The van der Waals surface area contributed by atoms with E-state index in [1.165, 1.54) is 155 Å². The SMILES string of the molecule is c1ccc(-c2ccc(N3c4ccccc4B4c5ccc6c7c5N(c5cc(-c8ccccc8)cc3c54)c3c(-c4ccccc4)sc(-c4ccccc4)c3N7c3cc(-c4ccccc4)cc4c3B6c3ccccc3N4c3ccc(-c4ccccc4)cc3)cc2)cc1. The maximum Gasteiger partial charge on any atom is 0.252 e.